The fraction of sp³-hybridized carbons (Fsp3) is 0.533. The highest BCUT2D eigenvalue weighted by molar-refractivity contribution is 7.88. The standard InChI is InChI=1S/C15H23ClN2O3S/c1-3-4-5-10-17-15(19)11-14(18-22(2,20)21)12-6-8-13(16)9-7-12/h6-9,14,18H,3-5,10-11H2,1-2H3,(H,17,19)/t14-/m1/s1. The van der Waals surface area contributed by atoms with Crippen LogP contribution in [0, 0.1) is 0 Å². The van der Waals surface area contributed by atoms with E-state index in [-0.39, 0.29) is 12.3 Å². The van der Waals surface area contributed by atoms with E-state index in [4.69, 9.17) is 11.6 Å². The quantitative estimate of drug-likeness (QED) is 0.675. The Labute approximate surface area is 137 Å². The van der Waals surface area contributed by atoms with Crippen LogP contribution in [0.25, 0.3) is 0 Å². The summed E-state index contributed by atoms with van der Waals surface area (Å²) in [6, 6.07) is 6.18. The van der Waals surface area contributed by atoms with E-state index < -0.39 is 16.1 Å². The highest BCUT2D eigenvalue weighted by atomic mass is 35.5. The Balaban J connectivity index is 2.70. The first-order chi connectivity index (χ1) is 10.3. The van der Waals surface area contributed by atoms with Gasteiger partial charge in [-0.25, -0.2) is 13.1 Å². The van der Waals surface area contributed by atoms with Crippen molar-refractivity contribution in [3.8, 4) is 0 Å². The molecule has 0 saturated carbocycles. The van der Waals surface area contributed by atoms with Gasteiger partial charge in [-0.15, -0.1) is 0 Å². The molecular formula is C15H23ClN2O3S. The number of unbranched alkanes of at least 4 members (excludes halogenated alkanes) is 2. The molecule has 0 bridgehead atoms. The number of sulfonamides is 1. The van der Waals surface area contributed by atoms with Crippen LogP contribution in [0.1, 0.15) is 44.2 Å². The van der Waals surface area contributed by atoms with Crippen molar-refractivity contribution < 1.29 is 13.2 Å². The number of hydrogen-bond acceptors (Lipinski definition) is 3. The maximum Gasteiger partial charge on any atom is 0.221 e. The van der Waals surface area contributed by atoms with Gasteiger partial charge in [0.2, 0.25) is 15.9 Å². The van der Waals surface area contributed by atoms with Crippen LogP contribution in [-0.2, 0) is 14.8 Å². The zero-order valence-corrected chi connectivity index (χ0v) is 14.5. The first-order valence-electron chi connectivity index (χ1n) is 7.31. The van der Waals surface area contributed by atoms with Crippen LogP contribution in [0.4, 0.5) is 0 Å². The Hall–Kier alpha value is -1.11. The molecule has 2 N–H and O–H groups in total. The lowest BCUT2D eigenvalue weighted by atomic mass is 10.0. The zero-order valence-electron chi connectivity index (χ0n) is 12.9. The lowest BCUT2D eigenvalue weighted by Gasteiger charge is -2.18. The second-order valence-corrected chi connectivity index (χ2v) is 7.47. The van der Waals surface area contributed by atoms with Crippen molar-refractivity contribution in [1.29, 1.82) is 0 Å². The topological polar surface area (TPSA) is 75.3 Å². The van der Waals surface area contributed by atoms with Crippen LogP contribution in [0.2, 0.25) is 5.02 Å². The fourth-order valence-electron chi connectivity index (χ4n) is 2.04. The minimum absolute atomic E-state index is 0.0564. The average Bonchev–Trinajstić information content (AvgIpc) is 2.42. The van der Waals surface area contributed by atoms with Crippen LogP contribution in [0.15, 0.2) is 24.3 Å². The second-order valence-electron chi connectivity index (χ2n) is 5.26. The monoisotopic (exact) mass is 346 g/mol. The highest BCUT2D eigenvalue weighted by Gasteiger charge is 2.19. The zero-order chi connectivity index (χ0) is 16.6. The smallest absolute Gasteiger partial charge is 0.221 e. The molecule has 0 aliphatic carbocycles. The summed E-state index contributed by atoms with van der Waals surface area (Å²) in [4.78, 5) is 12.0. The van der Waals surface area contributed by atoms with Crippen LogP contribution in [-0.4, -0.2) is 27.1 Å². The predicted molar refractivity (Wildman–Crippen MR) is 89.3 cm³/mol. The molecule has 0 spiro atoms. The Morgan fingerprint density at radius 2 is 1.86 bits per heavy atom. The molecule has 1 amide bonds. The molecule has 1 rings (SSSR count). The van der Waals surface area contributed by atoms with Crippen LogP contribution < -0.4 is 10.0 Å². The summed E-state index contributed by atoms with van der Waals surface area (Å²) < 4.78 is 25.5. The average molecular weight is 347 g/mol. The molecule has 1 aromatic carbocycles. The minimum atomic E-state index is -3.42. The molecule has 1 atom stereocenters. The minimum Gasteiger partial charge on any atom is -0.356 e. The van der Waals surface area contributed by atoms with Gasteiger partial charge in [0.05, 0.1) is 12.3 Å². The summed E-state index contributed by atoms with van der Waals surface area (Å²) >= 11 is 5.84. The van der Waals surface area contributed by atoms with Gasteiger partial charge in [0.25, 0.3) is 0 Å². The summed E-state index contributed by atoms with van der Waals surface area (Å²) in [6.07, 6.45) is 4.20. The SMILES string of the molecule is CCCCCNC(=O)C[C@@H](NS(C)(=O)=O)c1ccc(Cl)cc1. The van der Waals surface area contributed by atoms with E-state index >= 15 is 0 Å². The molecule has 124 valence electrons. The summed E-state index contributed by atoms with van der Waals surface area (Å²) in [6.45, 7) is 2.70. The molecule has 0 aliphatic rings. The van der Waals surface area contributed by atoms with E-state index in [1.807, 2.05) is 0 Å². The molecule has 0 unspecified atom stereocenters. The maximum absolute atomic E-state index is 12.0. The van der Waals surface area contributed by atoms with E-state index in [1.165, 1.54) is 0 Å². The maximum atomic E-state index is 12.0. The van der Waals surface area contributed by atoms with Crippen molar-refractivity contribution in [1.82, 2.24) is 10.0 Å². The van der Waals surface area contributed by atoms with Gasteiger partial charge < -0.3 is 5.32 Å². The van der Waals surface area contributed by atoms with Gasteiger partial charge in [0, 0.05) is 18.0 Å². The van der Waals surface area contributed by atoms with Gasteiger partial charge in [-0.05, 0) is 24.1 Å². The van der Waals surface area contributed by atoms with Crippen LogP contribution in [0.5, 0.6) is 0 Å². The Morgan fingerprint density at radius 1 is 1.23 bits per heavy atom. The third kappa shape index (κ3) is 7.77. The Morgan fingerprint density at radius 3 is 2.41 bits per heavy atom. The van der Waals surface area contributed by atoms with E-state index in [0.717, 1.165) is 25.5 Å². The number of rotatable bonds is 9. The Bertz CT molecular complexity index is 573. The predicted octanol–water partition coefficient (Wildman–Crippen LogP) is 2.63. The number of carbonyl (C=O) groups excluding carboxylic acids is 1. The van der Waals surface area contributed by atoms with Gasteiger partial charge in [-0.3, -0.25) is 4.79 Å². The number of amides is 1. The molecule has 0 aliphatic heterocycles. The molecule has 0 fully saturated rings. The second kappa shape index (κ2) is 9.12. The van der Waals surface area contributed by atoms with Gasteiger partial charge in [0.1, 0.15) is 0 Å². The molecule has 0 radical (unpaired) electrons. The number of halogens is 1. The van der Waals surface area contributed by atoms with E-state index in [9.17, 15) is 13.2 Å². The summed E-state index contributed by atoms with van der Waals surface area (Å²) in [5, 5.41) is 3.38. The highest BCUT2D eigenvalue weighted by Crippen LogP contribution is 2.20. The third-order valence-electron chi connectivity index (χ3n) is 3.12. The molecule has 22 heavy (non-hydrogen) atoms. The van der Waals surface area contributed by atoms with Gasteiger partial charge in [0.15, 0.2) is 0 Å². The van der Waals surface area contributed by atoms with E-state index in [1.54, 1.807) is 24.3 Å². The van der Waals surface area contributed by atoms with Crippen molar-refractivity contribution in [2.45, 2.75) is 38.6 Å². The molecular weight excluding hydrogens is 324 g/mol. The van der Waals surface area contributed by atoms with Gasteiger partial charge >= 0.3 is 0 Å². The van der Waals surface area contributed by atoms with Crippen LogP contribution in [0.3, 0.4) is 0 Å². The fourth-order valence-corrected chi connectivity index (χ4v) is 2.90. The van der Waals surface area contributed by atoms with Crippen molar-refractivity contribution in [3.05, 3.63) is 34.9 Å². The van der Waals surface area contributed by atoms with Crippen molar-refractivity contribution in [3.63, 3.8) is 0 Å². The van der Waals surface area contributed by atoms with Gasteiger partial charge in [-0.2, -0.15) is 0 Å². The third-order valence-corrected chi connectivity index (χ3v) is 4.09. The van der Waals surface area contributed by atoms with Gasteiger partial charge in [-0.1, -0.05) is 43.5 Å². The number of carbonyl (C=O) groups is 1. The first kappa shape index (κ1) is 18.9. The van der Waals surface area contributed by atoms with Crippen molar-refractivity contribution in [2.75, 3.05) is 12.8 Å². The van der Waals surface area contributed by atoms with Crippen molar-refractivity contribution in [2.24, 2.45) is 0 Å². The summed E-state index contributed by atoms with van der Waals surface area (Å²) in [5.41, 5.74) is 0.707. The Kier molecular flexibility index (Phi) is 7.85. The molecule has 1 aromatic rings. The summed E-state index contributed by atoms with van der Waals surface area (Å²) in [7, 11) is -3.42. The van der Waals surface area contributed by atoms with E-state index in [2.05, 4.69) is 17.0 Å². The number of hydrogen-bond donors (Lipinski definition) is 2. The lowest BCUT2D eigenvalue weighted by molar-refractivity contribution is -0.121. The number of nitrogens with one attached hydrogen (secondary N) is 2. The van der Waals surface area contributed by atoms with Crippen LogP contribution >= 0.6 is 11.6 Å². The molecule has 0 saturated heterocycles. The number of benzene rings is 1. The van der Waals surface area contributed by atoms with Crippen molar-refractivity contribution >= 4 is 27.5 Å². The molecule has 0 aromatic heterocycles. The molecule has 0 heterocycles. The van der Waals surface area contributed by atoms with E-state index in [0.29, 0.717) is 17.1 Å². The molecule has 5 nitrogen and oxygen atoms in total. The largest absolute Gasteiger partial charge is 0.356 e. The first-order valence-corrected chi connectivity index (χ1v) is 9.58. The lowest BCUT2D eigenvalue weighted by Crippen LogP contribution is -2.33. The normalized spacial score (nSPS) is 12.9. The molecule has 7 heteroatoms. The summed E-state index contributed by atoms with van der Waals surface area (Å²) in [5.74, 6) is -0.174.